The molecule has 1 N–H and O–H groups in total. The smallest absolute Gasteiger partial charge is 0.269 e. The molecule has 1 amide bonds. The number of rotatable bonds is 7. The first kappa shape index (κ1) is 21.6. The molecule has 0 unspecified atom stereocenters. The van der Waals surface area contributed by atoms with Gasteiger partial charge in [0.05, 0.1) is 22.7 Å². The number of hydrogen-bond donors (Lipinski definition) is 1. The van der Waals surface area contributed by atoms with E-state index in [1.165, 1.54) is 19.1 Å². The third-order valence-corrected chi connectivity index (χ3v) is 5.09. The molecular weight excluding hydrogens is 420 g/mol. The average Bonchev–Trinajstić information content (AvgIpc) is 3.23. The highest BCUT2D eigenvalue weighted by molar-refractivity contribution is 5.96. The number of benzene rings is 3. The third-order valence-electron chi connectivity index (χ3n) is 5.09. The maximum Gasteiger partial charge on any atom is 0.269 e. The summed E-state index contributed by atoms with van der Waals surface area (Å²) in [5.41, 5.74) is 3.86. The van der Waals surface area contributed by atoms with Crippen molar-refractivity contribution in [1.82, 2.24) is 9.78 Å². The maximum absolute atomic E-state index is 12.8. The van der Waals surface area contributed by atoms with E-state index < -0.39 is 4.92 Å². The molecule has 0 saturated heterocycles. The van der Waals surface area contributed by atoms with Crippen LogP contribution in [0.25, 0.3) is 16.9 Å². The van der Waals surface area contributed by atoms with Crippen LogP contribution in [-0.4, -0.2) is 26.4 Å². The first-order chi connectivity index (χ1) is 15.9. The zero-order valence-electron chi connectivity index (χ0n) is 17.8. The molecule has 4 aromatic rings. The van der Waals surface area contributed by atoms with Crippen molar-refractivity contribution >= 4 is 23.1 Å². The van der Waals surface area contributed by atoms with Gasteiger partial charge in [-0.3, -0.25) is 19.7 Å². The largest absolute Gasteiger partial charge is 0.326 e. The zero-order valence-corrected chi connectivity index (χ0v) is 17.8. The molecule has 0 aliphatic rings. The van der Waals surface area contributed by atoms with Gasteiger partial charge in [0.15, 0.2) is 5.78 Å². The van der Waals surface area contributed by atoms with Crippen LogP contribution in [0.5, 0.6) is 0 Å². The van der Waals surface area contributed by atoms with Gasteiger partial charge in [0.1, 0.15) is 0 Å². The molecule has 4 rings (SSSR count). The van der Waals surface area contributed by atoms with Crippen LogP contribution in [0.1, 0.15) is 22.8 Å². The number of amides is 1. The Kier molecular flexibility index (Phi) is 6.08. The predicted molar refractivity (Wildman–Crippen MR) is 124 cm³/mol. The van der Waals surface area contributed by atoms with Crippen molar-refractivity contribution in [3.63, 3.8) is 0 Å². The van der Waals surface area contributed by atoms with E-state index in [0.717, 1.165) is 5.69 Å². The molecule has 1 heterocycles. The third kappa shape index (κ3) is 5.01. The van der Waals surface area contributed by atoms with Gasteiger partial charge in [0.25, 0.3) is 5.69 Å². The van der Waals surface area contributed by atoms with Crippen LogP contribution in [-0.2, 0) is 11.2 Å². The first-order valence-electron chi connectivity index (χ1n) is 10.2. The van der Waals surface area contributed by atoms with Crippen molar-refractivity contribution < 1.29 is 14.5 Å². The summed E-state index contributed by atoms with van der Waals surface area (Å²) in [4.78, 5) is 34.7. The van der Waals surface area contributed by atoms with Gasteiger partial charge in [-0.25, -0.2) is 4.68 Å². The number of Topliss-reactive ketones (excluding diaryl/α,β-unsaturated/α-hetero) is 1. The second kappa shape index (κ2) is 9.27. The van der Waals surface area contributed by atoms with Crippen LogP contribution in [0.2, 0.25) is 0 Å². The molecule has 0 fully saturated rings. The molecule has 33 heavy (non-hydrogen) atoms. The van der Waals surface area contributed by atoms with Gasteiger partial charge < -0.3 is 5.32 Å². The van der Waals surface area contributed by atoms with E-state index in [9.17, 15) is 19.7 Å². The van der Waals surface area contributed by atoms with Crippen molar-refractivity contribution in [2.45, 2.75) is 13.3 Å². The molecule has 0 saturated carbocycles. The molecule has 0 aliphatic heterocycles. The van der Waals surface area contributed by atoms with Gasteiger partial charge in [-0.1, -0.05) is 18.2 Å². The first-order valence-corrected chi connectivity index (χ1v) is 10.2. The Hall–Kier alpha value is -4.59. The Labute approximate surface area is 189 Å². The van der Waals surface area contributed by atoms with Crippen molar-refractivity contribution in [2.24, 2.45) is 0 Å². The number of non-ortho nitro benzene ring substituents is 1. The summed E-state index contributed by atoms with van der Waals surface area (Å²) in [7, 11) is 0. The van der Waals surface area contributed by atoms with E-state index in [4.69, 9.17) is 0 Å². The topological polar surface area (TPSA) is 107 Å². The predicted octanol–water partition coefficient (Wildman–Crippen LogP) is 4.83. The van der Waals surface area contributed by atoms with Crippen LogP contribution >= 0.6 is 0 Å². The molecular formula is C25H20N4O4. The lowest BCUT2D eigenvalue weighted by atomic mass is 10.1. The van der Waals surface area contributed by atoms with Crippen LogP contribution in [0.15, 0.2) is 85.1 Å². The number of ketones is 1. The Bertz CT molecular complexity index is 1310. The summed E-state index contributed by atoms with van der Waals surface area (Å²) < 4.78 is 1.68. The molecule has 0 radical (unpaired) electrons. The number of aromatic nitrogens is 2. The van der Waals surface area contributed by atoms with Gasteiger partial charge in [-0.15, -0.1) is 0 Å². The zero-order chi connectivity index (χ0) is 23.4. The lowest BCUT2D eigenvalue weighted by molar-refractivity contribution is -0.384. The number of hydrogen-bond acceptors (Lipinski definition) is 5. The van der Waals surface area contributed by atoms with Crippen molar-refractivity contribution in [3.8, 4) is 16.9 Å². The molecule has 3 aromatic carbocycles. The van der Waals surface area contributed by atoms with Crippen molar-refractivity contribution in [2.75, 3.05) is 5.32 Å². The SMILES string of the molecule is CC(=O)c1ccc(NC(=O)Cc2cn(-c3ccccc3)nc2-c2ccc([N+](=O)[O-])cc2)cc1. The average molecular weight is 440 g/mol. The van der Waals surface area contributed by atoms with Crippen molar-refractivity contribution in [3.05, 3.63) is 106 Å². The Morgan fingerprint density at radius 3 is 2.24 bits per heavy atom. The van der Waals surface area contributed by atoms with Crippen LogP contribution in [0, 0.1) is 10.1 Å². The second-order valence-corrected chi connectivity index (χ2v) is 7.45. The van der Waals surface area contributed by atoms with E-state index in [2.05, 4.69) is 10.4 Å². The highest BCUT2D eigenvalue weighted by Crippen LogP contribution is 2.26. The molecule has 8 nitrogen and oxygen atoms in total. The van der Waals surface area contributed by atoms with E-state index in [0.29, 0.717) is 28.1 Å². The quantitative estimate of drug-likeness (QED) is 0.252. The normalized spacial score (nSPS) is 10.6. The molecule has 164 valence electrons. The van der Waals surface area contributed by atoms with Gasteiger partial charge in [-0.2, -0.15) is 5.10 Å². The lowest BCUT2D eigenvalue weighted by Crippen LogP contribution is -2.14. The van der Waals surface area contributed by atoms with Gasteiger partial charge in [0.2, 0.25) is 5.91 Å². The summed E-state index contributed by atoms with van der Waals surface area (Å²) in [6.45, 7) is 1.48. The van der Waals surface area contributed by atoms with Gasteiger partial charge >= 0.3 is 0 Å². The summed E-state index contributed by atoms with van der Waals surface area (Å²) in [5, 5.41) is 18.5. The summed E-state index contributed by atoms with van der Waals surface area (Å²) in [6.07, 6.45) is 1.83. The number of nitro benzene ring substituents is 1. The fraction of sp³-hybridized carbons (Fsp3) is 0.0800. The Morgan fingerprint density at radius 2 is 1.64 bits per heavy atom. The number of nitro groups is 1. The lowest BCUT2D eigenvalue weighted by Gasteiger charge is -2.06. The second-order valence-electron chi connectivity index (χ2n) is 7.45. The summed E-state index contributed by atoms with van der Waals surface area (Å²) in [6, 6.07) is 22.2. The van der Waals surface area contributed by atoms with Crippen LogP contribution < -0.4 is 5.32 Å². The molecule has 8 heteroatoms. The number of anilines is 1. The number of carbonyl (C=O) groups excluding carboxylic acids is 2. The number of carbonyl (C=O) groups is 2. The Balaban J connectivity index is 1.62. The van der Waals surface area contributed by atoms with E-state index in [1.54, 1.807) is 47.3 Å². The van der Waals surface area contributed by atoms with Crippen LogP contribution in [0.4, 0.5) is 11.4 Å². The molecule has 0 atom stereocenters. The van der Waals surface area contributed by atoms with Crippen LogP contribution in [0.3, 0.4) is 0 Å². The number of nitrogens with one attached hydrogen (secondary N) is 1. The van der Waals surface area contributed by atoms with Gasteiger partial charge in [0, 0.05) is 40.7 Å². The molecule has 0 aliphatic carbocycles. The van der Waals surface area contributed by atoms with E-state index in [-0.39, 0.29) is 23.8 Å². The highest BCUT2D eigenvalue weighted by atomic mass is 16.6. The molecule has 0 bridgehead atoms. The van der Waals surface area contributed by atoms with Crippen molar-refractivity contribution in [1.29, 1.82) is 0 Å². The minimum Gasteiger partial charge on any atom is -0.326 e. The van der Waals surface area contributed by atoms with E-state index in [1.807, 2.05) is 30.3 Å². The fourth-order valence-corrected chi connectivity index (χ4v) is 3.40. The minimum absolute atomic E-state index is 0.0189. The maximum atomic E-state index is 12.8. The van der Waals surface area contributed by atoms with E-state index >= 15 is 0 Å². The Morgan fingerprint density at radius 1 is 0.970 bits per heavy atom. The highest BCUT2D eigenvalue weighted by Gasteiger charge is 2.17. The van der Waals surface area contributed by atoms with Gasteiger partial charge in [-0.05, 0) is 55.5 Å². The molecule has 0 spiro atoms. The fourth-order valence-electron chi connectivity index (χ4n) is 3.40. The minimum atomic E-state index is -0.460. The number of para-hydroxylation sites is 1. The molecule has 1 aromatic heterocycles. The summed E-state index contributed by atoms with van der Waals surface area (Å²) >= 11 is 0. The number of nitrogens with zero attached hydrogens (tertiary/aromatic N) is 3. The monoisotopic (exact) mass is 440 g/mol. The summed E-state index contributed by atoms with van der Waals surface area (Å²) in [5.74, 6) is -0.296. The standard InChI is InChI=1S/C25H20N4O4/c1-17(30)18-7-11-21(12-8-18)26-24(31)15-20-16-28(22-5-3-2-4-6-22)27-25(20)19-9-13-23(14-10-19)29(32)33/h2-14,16H,15H2,1H3,(H,26,31).